The summed E-state index contributed by atoms with van der Waals surface area (Å²) in [6.45, 7) is 0. The quantitative estimate of drug-likeness (QED) is 0.495. The fourth-order valence-corrected chi connectivity index (χ4v) is 4.50. The van der Waals surface area contributed by atoms with E-state index in [-0.39, 0.29) is 0 Å². The topological polar surface area (TPSA) is 38.0 Å². The summed E-state index contributed by atoms with van der Waals surface area (Å²) in [6, 6.07) is 11.5. The van der Waals surface area contributed by atoms with E-state index in [9.17, 15) is 0 Å². The zero-order valence-electron chi connectivity index (χ0n) is 12.5. The molecule has 1 aromatic carbocycles. The van der Waals surface area contributed by atoms with Gasteiger partial charge in [0.25, 0.3) is 0 Å². The maximum absolute atomic E-state index is 6.04. The van der Waals surface area contributed by atoms with Gasteiger partial charge in [-0.1, -0.05) is 62.4 Å². The average molecular weight is 272 g/mol. The number of rotatable bonds is 4. The molecule has 2 saturated carbocycles. The summed E-state index contributed by atoms with van der Waals surface area (Å²) in [5, 5.41) is 0. The highest BCUT2D eigenvalue weighted by atomic mass is 15.2. The van der Waals surface area contributed by atoms with Crippen molar-refractivity contribution in [2.24, 2.45) is 11.8 Å². The first-order valence-electron chi connectivity index (χ1n) is 8.38. The highest BCUT2D eigenvalue weighted by Crippen LogP contribution is 2.49. The van der Waals surface area contributed by atoms with Crippen molar-refractivity contribution in [3.63, 3.8) is 0 Å². The van der Waals surface area contributed by atoms with Gasteiger partial charge >= 0.3 is 0 Å². The molecule has 0 amide bonds. The Hall–Kier alpha value is -0.860. The summed E-state index contributed by atoms with van der Waals surface area (Å²) in [6.07, 6.45) is 12.2. The van der Waals surface area contributed by atoms with Gasteiger partial charge in [-0.15, -0.1) is 0 Å². The second kappa shape index (κ2) is 6.28. The molecule has 0 heterocycles. The molecule has 2 heteroatoms. The second-order valence-corrected chi connectivity index (χ2v) is 6.77. The van der Waals surface area contributed by atoms with Gasteiger partial charge in [-0.2, -0.15) is 0 Å². The van der Waals surface area contributed by atoms with Crippen LogP contribution in [0.1, 0.15) is 63.4 Å². The van der Waals surface area contributed by atoms with Crippen molar-refractivity contribution in [3.05, 3.63) is 35.9 Å². The van der Waals surface area contributed by atoms with E-state index in [4.69, 9.17) is 5.84 Å². The van der Waals surface area contributed by atoms with E-state index >= 15 is 0 Å². The van der Waals surface area contributed by atoms with Crippen LogP contribution in [0.3, 0.4) is 0 Å². The average Bonchev–Trinajstić information content (AvgIpc) is 2.72. The summed E-state index contributed by atoms with van der Waals surface area (Å²) in [7, 11) is 0. The van der Waals surface area contributed by atoms with E-state index in [0.717, 1.165) is 5.92 Å². The van der Waals surface area contributed by atoms with Crippen LogP contribution in [-0.2, 0) is 5.41 Å². The third-order valence-electron chi connectivity index (χ3n) is 5.74. The molecule has 3 rings (SSSR count). The van der Waals surface area contributed by atoms with Crippen molar-refractivity contribution in [2.45, 2.75) is 69.2 Å². The van der Waals surface area contributed by atoms with Crippen molar-refractivity contribution in [1.82, 2.24) is 5.43 Å². The maximum atomic E-state index is 6.04. The van der Waals surface area contributed by atoms with Crippen molar-refractivity contribution < 1.29 is 0 Å². The molecule has 0 aromatic heterocycles. The Kier molecular flexibility index (Phi) is 4.42. The van der Waals surface area contributed by atoms with Crippen LogP contribution in [0.15, 0.2) is 30.3 Å². The van der Waals surface area contributed by atoms with E-state index in [0.29, 0.717) is 11.5 Å². The van der Waals surface area contributed by atoms with Crippen LogP contribution in [0.5, 0.6) is 0 Å². The number of hydrazine groups is 1. The Bertz CT molecular complexity index is 403. The SMILES string of the molecule is NNC(C1CCCCCC1)C1(c2ccccc2)CCC1. The molecular formula is C18H28N2. The predicted molar refractivity (Wildman–Crippen MR) is 84.3 cm³/mol. The van der Waals surface area contributed by atoms with Gasteiger partial charge in [0.1, 0.15) is 0 Å². The van der Waals surface area contributed by atoms with Gasteiger partial charge in [-0.05, 0) is 37.2 Å². The lowest BCUT2D eigenvalue weighted by molar-refractivity contribution is 0.116. The normalized spacial score (nSPS) is 24.6. The lowest BCUT2D eigenvalue weighted by Crippen LogP contribution is -2.58. The van der Waals surface area contributed by atoms with Gasteiger partial charge in [-0.25, -0.2) is 0 Å². The first kappa shape index (κ1) is 14.1. The third-order valence-corrected chi connectivity index (χ3v) is 5.74. The first-order chi connectivity index (χ1) is 9.87. The van der Waals surface area contributed by atoms with Crippen LogP contribution in [0.4, 0.5) is 0 Å². The van der Waals surface area contributed by atoms with Gasteiger partial charge in [0.2, 0.25) is 0 Å². The molecule has 0 saturated heterocycles. The Labute approximate surface area is 123 Å². The summed E-state index contributed by atoms with van der Waals surface area (Å²) in [4.78, 5) is 0. The van der Waals surface area contributed by atoms with E-state index in [1.54, 1.807) is 0 Å². The van der Waals surface area contributed by atoms with E-state index in [2.05, 4.69) is 35.8 Å². The Morgan fingerprint density at radius 1 is 0.950 bits per heavy atom. The molecule has 2 aliphatic carbocycles. The Morgan fingerprint density at radius 3 is 2.10 bits per heavy atom. The van der Waals surface area contributed by atoms with Crippen LogP contribution in [-0.4, -0.2) is 6.04 Å². The molecule has 2 aliphatic rings. The zero-order chi connectivity index (χ0) is 13.8. The predicted octanol–water partition coefficient (Wildman–Crippen LogP) is 3.91. The summed E-state index contributed by atoms with van der Waals surface area (Å²) in [5.41, 5.74) is 5.04. The molecule has 0 spiro atoms. The molecule has 0 radical (unpaired) electrons. The molecule has 1 unspecified atom stereocenters. The molecule has 2 fully saturated rings. The highest BCUT2D eigenvalue weighted by molar-refractivity contribution is 5.31. The number of nitrogens with one attached hydrogen (secondary N) is 1. The van der Waals surface area contributed by atoms with Crippen molar-refractivity contribution in [3.8, 4) is 0 Å². The van der Waals surface area contributed by atoms with Crippen LogP contribution in [0.2, 0.25) is 0 Å². The van der Waals surface area contributed by atoms with Crippen LogP contribution < -0.4 is 11.3 Å². The van der Waals surface area contributed by atoms with Gasteiger partial charge < -0.3 is 0 Å². The highest BCUT2D eigenvalue weighted by Gasteiger charge is 2.47. The molecular weight excluding hydrogens is 244 g/mol. The Balaban J connectivity index is 1.85. The monoisotopic (exact) mass is 272 g/mol. The van der Waals surface area contributed by atoms with Crippen molar-refractivity contribution in [2.75, 3.05) is 0 Å². The minimum Gasteiger partial charge on any atom is -0.271 e. The lowest BCUT2D eigenvalue weighted by Gasteiger charge is -2.51. The van der Waals surface area contributed by atoms with Crippen LogP contribution in [0.25, 0.3) is 0 Å². The standard InChI is InChI=1S/C18H28N2/c19-20-17(15-9-4-1-2-5-10-15)18(13-8-14-18)16-11-6-3-7-12-16/h3,6-7,11-12,15,17,20H,1-2,4-5,8-10,13-14,19H2. The molecule has 1 atom stereocenters. The summed E-state index contributed by atoms with van der Waals surface area (Å²) < 4.78 is 0. The second-order valence-electron chi connectivity index (χ2n) is 6.77. The van der Waals surface area contributed by atoms with Crippen molar-refractivity contribution >= 4 is 0 Å². The van der Waals surface area contributed by atoms with Gasteiger partial charge in [0, 0.05) is 11.5 Å². The minimum absolute atomic E-state index is 0.297. The summed E-state index contributed by atoms with van der Waals surface area (Å²) >= 11 is 0. The summed E-state index contributed by atoms with van der Waals surface area (Å²) in [5.74, 6) is 6.79. The number of benzene rings is 1. The number of nitrogens with two attached hydrogens (primary N) is 1. The van der Waals surface area contributed by atoms with E-state index < -0.39 is 0 Å². The van der Waals surface area contributed by atoms with E-state index in [1.165, 1.54) is 63.4 Å². The smallest absolute Gasteiger partial charge is 0.0335 e. The van der Waals surface area contributed by atoms with E-state index in [1.807, 2.05) is 0 Å². The number of hydrogen-bond acceptors (Lipinski definition) is 2. The van der Waals surface area contributed by atoms with Crippen molar-refractivity contribution in [1.29, 1.82) is 0 Å². The zero-order valence-corrected chi connectivity index (χ0v) is 12.5. The fraction of sp³-hybridized carbons (Fsp3) is 0.667. The van der Waals surface area contributed by atoms with Gasteiger partial charge in [-0.3, -0.25) is 11.3 Å². The van der Waals surface area contributed by atoms with Crippen LogP contribution in [0, 0.1) is 5.92 Å². The third kappa shape index (κ3) is 2.51. The molecule has 2 nitrogen and oxygen atoms in total. The molecule has 20 heavy (non-hydrogen) atoms. The molecule has 1 aromatic rings. The number of hydrogen-bond donors (Lipinski definition) is 2. The van der Waals surface area contributed by atoms with Gasteiger partial charge in [0.15, 0.2) is 0 Å². The molecule has 3 N–H and O–H groups in total. The van der Waals surface area contributed by atoms with Crippen LogP contribution >= 0.6 is 0 Å². The minimum atomic E-state index is 0.297. The molecule has 0 bridgehead atoms. The molecule has 0 aliphatic heterocycles. The van der Waals surface area contributed by atoms with Gasteiger partial charge in [0.05, 0.1) is 0 Å². The molecule has 110 valence electrons. The first-order valence-corrected chi connectivity index (χ1v) is 8.38. The Morgan fingerprint density at radius 2 is 1.60 bits per heavy atom. The maximum Gasteiger partial charge on any atom is 0.0335 e. The fourth-order valence-electron chi connectivity index (χ4n) is 4.50. The lowest BCUT2D eigenvalue weighted by atomic mass is 9.57. The largest absolute Gasteiger partial charge is 0.271 e.